The number of nitrogens with two attached hydrogens (primary N) is 1. The van der Waals surface area contributed by atoms with Gasteiger partial charge in [0.25, 0.3) is 0 Å². The number of rotatable bonds is 7. The summed E-state index contributed by atoms with van der Waals surface area (Å²) >= 11 is 5.67. The van der Waals surface area contributed by atoms with Crippen LogP contribution in [0, 0.1) is 0 Å². The smallest absolute Gasteiger partial charge is 0.322 e. The van der Waals surface area contributed by atoms with E-state index in [2.05, 4.69) is 20.3 Å². The van der Waals surface area contributed by atoms with E-state index in [-0.39, 0.29) is 29.5 Å². The van der Waals surface area contributed by atoms with Crippen LogP contribution in [-0.4, -0.2) is 42.3 Å². The third-order valence-corrected chi connectivity index (χ3v) is 2.63. The third kappa shape index (κ3) is 5.94. The number of nitrogens with zero attached hydrogens (tertiary/aromatic N) is 3. The van der Waals surface area contributed by atoms with Crippen molar-refractivity contribution < 1.29 is 13.2 Å². The first-order valence-corrected chi connectivity index (χ1v) is 7.29. The molecule has 0 aliphatic rings. The van der Waals surface area contributed by atoms with Crippen LogP contribution < -0.4 is 15.2 Å². The van der Waals surface area contributed by atoms with E-state index < -0.39 is 10.0 Å². The molecule has 0 saturated carbocycles. The van der Waals surface area contributed by atoms with Crippen molar-refractivity contribution >= 4 is 27.6 Å². The lowest BCUT2D eigenvalue weighted by Gasteiger charge is -2.06. The van der Waals surface area contributed by atoms with E-state index in [9.17, 15) is 8.42 Å². The average molecular weight is 296 g/mol. The van der Waals surface area contributed by atoms with Gasteiger partial charge in [-0.2, -0.15) is 15.0 Å². The highest BCUT2D eigenvalue weighted by Gasteiger charge is 2.07. The molecule has 0 aromatic carbocycles. The maximum atomic E-state index is 10.7. The van der Waals surface area contributed by atoms with Crippen LogP contribution >= 0.6 is 11.6 Å². The zero-order valence-corrected chi connectivity index (χ0v) is 11.3. The summed E-state index contributed by atoms with van der Waals surface area (Å²) in [4.78, 5) is 11.5. The molecule has 10 heteroatoms. The molecule has 0 radical (unpaired) electrons. The molecule has 1 aromatic rings. The summed E-state index contributed by atoms with van der Waals surface area (Å²) in [5.41, 5.74) is 0. The molecule has 0 aliphatic carbocycles. The molecule has 0 amide bonds. The molecule has 102 valence electrons. The molecule has 8 nitrogen and oxygen atoms in total. The van der Waals surface area contributed by atoms with Gasteiger partial charge >= 0.3 is 6.01 Å². The SMILES string of the molecule is CCCOc1nc(Cl)nc(NCCS(N)(=O)=O)n1. The number of halogens is 1. The zero-order chi connectivity index (χ0) is 13.6. The lowest BCUT2D eigenvalue weighted by atomic mass is 10.5. The van der Waals surface area contributed by atoms with Crippen LogP contribution in [0.5, 0.6) is 6.01 Å². The van der Waals surface area contributed by atoms with E-state index in [1.54, 1.807) is 0 Å². The van der Waals surface area contributed by atoms with Gasteiger partial charge in [-0.15, -0.1) is 0 Å². The first-order chi connectivity index (χ1) is 8.40. The van der Waals surface area contributed by atoms with Gasteiger partial charge < -0.3 is 10.1 Å². The minimum atomic E-state index is -3.53. The molecule has 0 bridgehead atoms. The number of aromatic nitrogens is 3. The van der Waals surface area contributed by atoms with Crippen LogP contribution in [0.4, 0.5) is 5.95 Å². The molecule has 1 aromatic heterocycles. The van der Waals surface area contributed by atoms with Gasteiger partial charge in [-0.25, -0.2) is 13.6 Å². The van der Waals surface area contributed by atoms with Gasteiger partial charge in [0.15, 0.2) is 0 Å². The van der Waals surface area contributed by atoms with E-state index in [1.165, 1.54) is 0 Å². The van der Waals surface area contributed by atoms with Gasteiger partial charge in [0, 0.05) is 6.54 Å². The van der Waals surface area contributed by atoms with Crippen LogP contribution in [0.3, 0.4) is 0 Å². The summed E-state index contributed by atoms with van der Waals surface area (Å²) in [5.74, 6) is -0.0914. The minimum absolute atomic E-state index is 0.0331. The predicted molar refractivity (Wildman–Crippen MR) is 67.1 cm³/mol. The monoisotopic (exact) mass is 295 g/mol. The first-order valence-electron chi connectivity index (χ1n) is 5.19. The largest absolute Gasteiger partial charge is 0.463 e. The molecule has 0 spiro atoms. The highest BCUT2D eigenvalue weighted by Crippen LogP contribution is 2.11. The van der Waals surface area contributed by atoms with Gasteiger partial charge in [0.2, 0.25) is 21.3 Å². The highest BCUT2D eigenvalue weighted by atomic mass is 35.5. The molecular weight excluding hydrogens is 282 g/mol. The fourth-order valence-electron chi connectivity index (χ4n) is 0.974. The van der Waals surface area contributed by atoms with Crippen molar-refractivity contribution in [2.24, 2.45) is 5.14 Å². The molecule has 0 aliphatic heterocycles. The Hall–Kier alpha value is -1.19. The normalized spacial score (nSPS) is 11.3. The Kier molecular flexibility index (Phi) is 5.51. The highest BCUT2D eigenvalue weighted by molar-refractivity contribution is 7.89. The molecule has 0 fully saturated rings. The zero-order valence-electron chi connectivity index (χ0n) is 9.76. The lowest BCUT2D eigenvalue weighted by molar-refractivity contribution is 0.291. The molecule has 0 unspecified atom stereocenters. The number of hydrogen-bond donors (Lipinski definition) is 2. The minimum Gasteiger partial charge on any atom is -0.463 e. The number of anilines is 1. The molecule has 18 heavy (non-hydrogen) atoms. The topological polar surface area (TPSA) is 120 Å². The van der Waals surface area contributed by atoms with Crippen LogP contribution in [0.1, 0.15) is 13.3 Å². The van der Waals surface area contributed by atoms with Gasteiger partial charge in [-0.3, -0.25) is 0 Å². The Morgan fingerprint density at radius 2 is 2.11 bits per heavy atom. The molecule has 1 heterocycles. The molecular formula is C8H14ClN5O3S. The lowest BCUT2D eigenvalue weighted by Crippen LogP contribution is -2.23. The van der Waals surface area contributed by atoms with Crippen LogP contribution in [0.25, 0.3) is 0 Å². The Morgan fingerprint density at radius 1 is 1.39 bits per heavy atom. The summed E-state index contributed by atoms with van der Waals surface area (Å²) in [6.07, 6.45) is 0.803. The third-order valence-electron chi connectivity index (χ3n) is 1.69. The number of hydrogen-bond acceptors (Lipinski definition) is 7. The van der Waals surface area contributed by atoms with E-state index in [0.717, 1.165) is 6.42 Å². The average Bonchev–Trinajstić information content (AvgIpc) is 2.24. The summed E-state index contributed by atoms with van der Waals surface area (Å²) in [7, 11) is -3.53. The van der Waals surface area contributed by atoms with Crippen molar-refractivity contribution in [1.82, 2.24) is 15.0 Å². The van der Waals surface area contributed by atoms with E-state index in [4.69, 9.17) is 21.5 Å². The van der Waals surface area contributed by atoms with Crippen molar-refractivity contribution in [3.63, 3.8) is 0 Å². The summed E-state index contributed by atoms with van der Waals surface area (Å²) in [6, 6.07) is 0.0926. The molecule has 0 saturated heterocycles. The first kappa shape index (κ1) is 14.9. The second kappa shape index (κ2) is 6.66. The summed E-state index contributed by atoms with van der Waals surface area (Å²) in [5, 5.41) is 7.49. The van der Waals surface area contributed by atoms with E-state index >= 15 is 0 Å². The van der Waals surface area contributed by atoms with Gasteiger partial charge in [-0.1, -0.05) is 6.92 Å². The summed E-state index contributed by atoms with van der Waals surface area (Å²) < 4.78 is 26.7. The quantitative estimate of drug-likeness (QED) is 0.727. The number of sulfonamides is 1. The maximum absolute atomic E-state index is 10.7. The van der Waals surface area contributed by atoms with Crippen LogP contribution in [0.15, 0.2) is 0 Å². The fraction of sp³-hybridized carbons (Fsp3) is 0.625. The van der Waals surface area contributed by atoms with Crippen LogP contribution in [-0.2, 0) is 10.0 Å². The van der Waals surface area contributed by atoms with Gasteiger partial charge in [0.05, 0.1) is 12.4 Å². The van der Waals surface area contributed by atoms with Gasteiger partial charge in [-0.05, 0) is 18.0 Å². The predicted octanol–water partition coefficient (Wildman–Crippen LogP) is 0.0142. The second-order valence-corrected chi connectivity index (χ2v) is 5.42. The Balaban J connectivity index is 2.62. The Labute approximate surface area is 110 Å². The maximum Gasteiger partial charge on any atom is 0.322 e. The number of ether oxygens (including phenoxy) is 1. The van der Waals surface area contributed by atoms with Crippen molar-refractivity contribution in [2.75, 3.05) is 24.2 Å². The standard InChI is InChI=1S/C8H14ClN5O3S/c1-2-4-17-8-13-6(9)12-7(14-8)11-3-5-18(10,15)16/h2-5H2,1H3,(H2,10,15,16)(H,11,12,13,14). The Morgan fingerprint density at radius 3 is 2.72 bits per heavy atom. The van der Waals surface area contributed by atoms with Crippen molar-refractivity contribution in [2.45, 2.75) is 13.3 Å². The summed E-state index contributed by atoms with van der Waals surface area (Å²) in [6.45, 7) is 2.47. The fourth-order valence-corrected chi connectivity index (χ4v) is 1.51. The van der Waals surface area contributed by atoms with Crippen molar-refractivity contribution in [3.8, 4) is 6.01 Å². The number of nitrogens with one attached hydrogen (secondary N) is 1. The molecule has 1 rings (SSSR count). The van der Waals surface area contributed by atoms with E-state index in [1.807, 2.05) is 6.92 Å². The van der Waals surface area contributed by atoms with Crippen molar-refractivity contribution in [1.29, 1.82) is 0 Å². The Bertz CT molecular complexity index is 496. The second-order valence-electron chi connectivity index (χ2n) is 3.35. The number of primary sulfonamides is 1. The van der Waals surface area contributed by atoms with Crippen molar-refractivity contribution in [3.05, 3.63) is 5.28 Å². The van der Waals surface area contributed by atoms with Crippen LogP contribution in [0.2, 0.25) is 5.28 Å². The van der Waals surface area contributed by atoms with Gasteiger partial charge in [0.1, 0.15) is 0 Å². The molecule has 0 atom stereocenters. The molecule has 3 N–H and O–H groups in total. The van der Waals surface area contributed by atoms with E-state index in [0.29, 0.717) is 6.61 Å².